The topological polar surface area (TPSA) is 83.1 Å². The fourth-order valence-electron chi connectivity index (χ4n) is 3.27. The second kappa shape index (κ2) is 6.76. The van der Waals surface area contributed by atoms with Gasteiger partial charge >= 0.3 is 0 Å². The van der Waals surface area contributed by atoms with E-state index in [9.17, 15) is 4.79 Å². The summed E-state index contributed by atoms with van der Waals surface area (Å²) in [6, 6.07) is 9.48. The van der Waals surface area contributed by atoms with Crippen LogP contribution in [0.3, 0.4) is 0 Å². The molecule has 2 aromatic heterocycles. The number of anilines is 1. The number of H-pyrrole nitrogens is 1. The Bertz CT molecular complexity index is 952. The molecule has 1 atom stereocenters. The van der Waals surface area contributed by atoms with Crippen molar-refractivity contribution in [3.8, 4) is 0 Å². The number of amides is 1. The van der Waals surface area contributed by atoms with E-state index in [-0.39, 0.29) is 12.0 Å². The minimum absolute atomic E-state index is 0.00343. The van der Waals surface area contributed by atoms with Crippen molar-refractivity contribution in [2.75, 3.05) is 32.1 Å². The number of imidazole rings is 1. The number of fused-ring (bicyclic) bond motifs is 1. The van der Waals surface area contributed by atoms with Crippen LogP contribution in [0.25, 0.3) is 11.0 Å². The van der Waals surface area contributed by atoms with Crippen LogP contribution >= 0.6 is 0 Å². The maximum atomic E-state index is 12.9. The van der Waals surface area contributed by atoms with Gasteiger partial charge < -0.3 is 19.9 Å². The normalized spacial score (nSPS) is 17.5. The van der Waals surface area contributed by atoms with E-state index in [0.717, 1.165) is 28.1 Å². The SMILES string of the molecule is CNc1cc(C)nc([C@@H]2CN(C(=O)c3ccc4nc[nH]c4c3)CCO2)c1. The molecule has 1 aliphatic heterocycles. The lowest BCUT2D eigenvalue weighted by molar-refractivity contribution is -0.0247. The second-order valence-electron chi connectivity index (χ2n) is 6.42. The Balaban J connectivity index is 1.56. The Morgan fingerprint density at radius 3 is 3.08 bits per heavy atom. The molecule has 1 aromatic carbocycles. The number of carbonyl (C=O) groups is 1. The van der Waals surface area contributed by atoms with Gasteiger partial charge in [-0.2, -0.15) is 0 Å². The molecule has 3 heterocycles. The number of rotatable bonds is 3. The number of hydrogen-bond acceptors (Lipinski definition) is 5. The predicted octanol–water partition coefficient (Wildman–Crippen LogP) is 2.52. The summed E-state index contributed by atoms with van der Waals surface area (Å²) < 4.78 is 5.89. The molecule has 7 heteroatoms. The van der Waals surface area contributed by atoms with Gasteiger partial charge in [0.05, 0.1) is 36.2 Å². The van der Waals surface area contributed by atoms with Crippen LogP contribution in [0.5, 0.6) is 0 Å². The first-order chi connectivity index (χ1) is 12.6. The summed E-state index contributed by atoms with van der Waals surface area (Å²) in [5.74, 6) is -0.00343. The number of morpholine rings is 1. The molecule has 1 saturated heterocycles. The van der Waals surface area contributed by atoms with Gasteiger partial charge in [-0.25, -0.2) is 4.98 Å². The lowest BCUT2D eigenvalue weighted by Crippen LogP contribution is -2.42. The van der Waals surface area contributed by atoms with Crippen LogP contribution in [-0.2, 0) is 4.74 Å². The first-order valence-electron chi connectivity index (χ1n) is 8.64. The Hall–Kier alpha value is -2.93. The van der Waals surface area contributed by atoms with Crippen molar-refractivity contribution in [3.63, 3.8) is 0 Å². The lowest BCUT2D eigenvalue weighted by atomic mass is 10.1. The zero-order valence-electron chi connectivity index (χ0n) is 14.8. The van der Waals surface area contributed by atoms with Crippen LogP contribution in [0.4, 0.5) is 5.69 Å². The molecule has 26 heavy (non-hydrogen) atoms. The second-order valence-corrected chi connectivity index (χ2v) is 6.42. The number of aromatic nitrogens is 3. The number of nitrogens with zero attached hydrogens (tertiary/aromatic N) is 3. The molecule has 1 aliphatic rings. The third kappa shape index (κ3) is 3.13. The van der Waals surface area contributed by atoms with Gasteiger partial charge in [0.1, 0.15) is 6.10 Å². The smallest absolute Gasteiger partial charge is 0.254 e. The summed E-state index contributed by atoms with van der Waals surface area (Å²) in [5, 5.41) is 3.14. The van der Waals surface area contributed by atoms with Crippen molar-refractivity contribution >= 4 is 22.6 Å². The van der Waals surface area contributed by atoms with Gasteiger partial charge in [-0.05, 0) is 37.3 Å². The summed E-state index contributed by atoms with van der Waals surface area (Å²) in [4.78, 5) is 26.6. The van der Waals surface area contributed by atoms with E-state index in [1.165, 1.54) is 0 Å². The highest BCUT2D eigenvalue weighted by atomic mass is 16.5. The molecule has 0 aliphatic carbocycles. The maximum Gasteiger partial charge on any atom is 0.254 e. The minimum atomic E-state index is -0.226. The van der Waals surface area contributed by atoms with Gasteiger partial charge in [-0.15, -0.1) is 0 Å². The number of aryl methyl sites for hydroxylation is 1. The van der Waals surface area contributed by atoms with Crippen molar-refractivity contribution < 1.29 is 9.53 Å². The van der Waals surface area contributed by atoms with Gasteiger partial charge in [0.15, 0.2) is 0 Å². The highest BCUT2D eigenvalue weighted by Crippen LogP contribution is 2.25. The fraction of sp³-hybridized carbons (Fsp3) is 0.316. The number of ether oxygens (including phenoxy) is 1. The van der Waals surface area contributed by atoms with E-state index >= 15 is 0 Å². The molecular formula is C19H21N5O2. The van der Waals surface area contributed by atoms with Crippen LogP contribution in [0.1, 0.15) is 27.8 Å². The van der Waals surface area contributed by atoms with Gasteiger partial charge in [0, 0.05) is 30.5 Å². The fourth-order valence-corrected chi connectivity index (χ4v) is 3.27. The molecule has 0 bridgehead atoms. The first-order valence-corrected chi connectivity index (χ1v) is 8.64. The number of benzene rings is 1. The van der Waals surface area contributed by atoms with Gasteiger partial charge in [0.2, 0.25) is 0 Å². The molecule has 0 spiro atoms. The zero-order valence-corrected chi connectivity index (χ0v) is 14.8. The molecule has 1 fully saturated rings. The largest absolute Gasteiger partial charge is 0.388 e. The molecule has 1 amide bonds. The van der Waals surface area contributed by atoms with Crippen LogP contribution < -0.4 is 5.32 Å². The molecule has 0 unspecified atom stereocenters. The highest BCUT2D eigenvalue weighted by molar-refractivity contribution is 5.97. The van der Waals surface area contributed by atoms with E-state index in [2.05, 4.69) is 20.3 Å². The quantitative estimate of drug-likeness (QED) is 0.758. The standard InChI is InChI=1S/C19H21N5O2/c1-12-7-14(20-2)9-17(23-12)18-10-24(5-6-26-18)19(25)13-3-4-15-16(8-13)22-11-21-15/h3-4,7-9,11,18H,5-6,10H2,1-2H3,(H,20,23)(H,21,22)/t18-/m0/s1. The summed E-state index contributed by atoms with van der Waals surface area (Å²) in [5.41, 5.74) is 5.11. The van der Waals surface area contributed by atoms with E-state index in [0.29, 0.717) is 25.3 Å². The Morgan fingerprint density at radius 1 is 1.35 bits per heavy atom. The zero-order chi connectivity index (χ0) is 18.1. The van der Waals surface area contributed by atoms with Gasteiger partial charge in [-0.1, -0.05) is 0 Å². The van der Waals surface area contributed by atoms with Crippen molar-refractivity contribution in [2.24, 2.45) is 0 Å². The van der Waals surface area contributed by atoms with Gasteiger partial charge in [-0.3, -0.25) is 9.78 Å². The molecule has 0 saturated carbocycles. The number of aromatic amines is 1. The Labute approximate surface area is 151 Å². The van der Waals surface area contributed by atoms with E-state index < -0.39 is 0 Å². The van der Waals surface area contributed by atoms with Gasteiger partial charge in [0.25, 0.3) is 5.91 Å². The lowest BCUT2D eigenvalue weighted by Gasteiger charge is -2.33. The van der Waals surface area contributed by atoms with Crippen molar-refractivity contribution in [2.45, 2.75) is 13.0 Å². The van der Waals surface area contributed by atoms with Crippen LogP contribution in [0.2, 0.25) is 0 Å². The summed E-state index contributed by atoms with van der Waals surface area (Å²) in [6.45, 7) is 3.50. The molecule has 2 N–H and O–H groups in total. The number of carbonyl (C=O) groups excluding carboxylic acids is 1. The Kier molecular flexibility index (Phi) is 4.30. The number of hydrogen-bond donors (Lipinski definition) is 2. The maximum absolute atomic E-state index is 12.9. The van der Waals surface area contributed by atoms with Crippen molar-refractivity contribution in [1.29, 1.82) is 0 Å². The molecule has 0 radical (unpaired) electrons. The van der Waals surface area contributed by atoms with Crippen LogP contribution in [0.15, 0.2) is 36.7 Å². The molecule has 4 rings (SSSR count). The number of pyridine rings is 1. The average Bonchev–Trinajstić information content (AvgIpc) is 3.14. The minimum Gasteiger partial charge on any atom is -0.388 e. The molecule has 134 valence electrons. The third-order valence-corrected chi connectivity index (χ3v) is 4.61. The van der Waals surface area contributed by atoms with E-state index in [1.807, 2.05) is 49.2 Å². The Morgan fingerprint density at radius 2 is 2.23 bits per heavy atom. The van der Waals surface area contributed by atoms with Crippen molar-refractivity contribution in [1.82, 2.24) is 19.9 Å². The first kappa shape index (κ1) is 16.5. The van der Waals surface area contributed by atoms with E-state index in [4.69, 9.17) is 4.74 Å². The predicted molar refractivity (Wildman–Crippen MR) is 99.2 cm³/mol. The third-order valence-electron chi connectivity index (χ3n) is 4.61. The monoisotopic (exact) mass is 351 g/mol. The average molecular weight is 351 g/mol. The molecule has 7 nitrogen and oxygen atoms in total. The highest BCUT2D eigenvalue weighted by Gasteiger charge is 2.27. The summed E-state index contributed by atoms with van der Waals surface area (Å²) in [7, 11) is 1.88. The van der Waals surface area contributed by atoms with Crippen LogP contribution in [0, 0.1) is 6.92 Å². The number of nitrogens with one attached hydrogen (secondary N) is 2. The molecule has 3 aromatic rings. The molecular weight excluding hydrogens is 330 g/mol. The van der Waals surface area contributed by atoms with Crippen molar-refractivity contribution in [3.05, 3.63) is 53.6 Å². The van der Waals surface area contributed by atoms with E-state index in [1.54, 1.807) is 6.33 Å². The summed E-state index contributed by atoms with van der Waals surface area (Å²) in [6.07, 6.45) is 1.41. The van der Waals surface area contributed by atoms with Crippen LogP contribution in [-0.4, -0.2) is 52.5 Å². The summed E-state index contributed by atoms with van der Waals surface area (Å²) >= 11 is 0.